The van der Waals surface area contributed by atoms with Crippen molar-refractivity contribution in [3.63, 3.8) is 0 Å². The number of amides is 4. The third-order valence-corrected chi connectivity index (χ3v) is 9.56. The molecule has 2 unspecified atom stereocenters. The van der Waals surface area contributed by atoms with Gasteiger partial charge in [-0.15, -0.1) is 0 Å². The first-order chi connectivity index (χ1) is 23.3. The van der Waals surface area contributed by atoms with Gasteiger partial charge in [-0.3, -0.25) is 24.1 Å². The summed E-state index contributed by atoms with van der Waals surface area (Å²) >= 11 is 0. The van der Waals surface area contributed by atoms with Crippen LogP contribution in [0.2, 0.25) is 0 Å². The molecule has 6 nitrogen and oxygen atoms in total. The van der Waals surface area contributed by atoms with Crippen molar-refractivity contribution in [2.75, 3.05) is 11.9 Å². The monoisotopic (exact) mass is 700 g/mol. The number of carbonyl (C=O) groups is 4. The van der Waals surface area contributed by atoms with Gasteiger partial charge in [0.15, 0.2) is 5.41 Å². The van der Waals surface area contributed by atoms with Crippen LogP contribution in [0.1, 0.15) is 76.2 Å². The maximum absolute atomic E-state index is 14.9. The number of anilines is 1. The van der Waals surface area contributed by atoms with Gasteiger partial charge in [-0.1, -0.05) is 54.1 Å². The van der Waals surface area contributed by atoms with E-state index in [1.165, 1.54) is 19.2 Å². The summed E-state index contributed by atoms with van der Waals surface area (Å²) in [6.07, 6.45) is -14.5. The topological polar surface area (TPSA) is 74.8 Å². The Morgan fingerprint density at radius 3 is 1.40 bits per heavy atom. The van der Waals surface area contributed by atoms with E-state index in [-0.39, 0.29) is 22.4 Å². The van der Waals surface area contributed by atoms with E-state index in [9.17, 15) is 54.3 Å². The molecule has 6 rings (SSSR count). The van der Waals surface area contributed by atoms with Crippen LogP contribution >= 0.6 is 0 Å². The summed E-state index contributed by atoms with van der Waals surface area (Å²) in [6, 6.07) is 13.6. The van der Waals surface area contributed by atoms with Gasteiger partial charge >= 0.3 is 12.4 Å². The van der Waals surface area contributed by atoms with Crippen LogP contribution in [0.3, 0.4) is 0 Å². The molecular weight excluding hydrogens is 676 g/mol. The maximum atomic E-state index is 14.9. The van der Waals surface area contributed by atoms with E-state index in [1.807, 2.05) is 0 Å². The molecule has 14 heteroatoms. The summed E-state index contributed by atoms with van der Waals surface area (Å²) in [5.74, 6) is -3.59. The van der Waals surface area contributed by atoms with E-state index in [2.05, 4.69) is 0 Å². The molecule has 2 heterocycles. The molecule has 0 radical (unpaired) electrons. The van der Waals surface area contributed by atoms with Gasteiger partial charge < -0.3 is 0 Å². The first-order valence-electron chi connectivity index (χ1n) is 14.9. The lowest BCUT2D eigenvalue weighted by molar-refractivity contribution is -0.211. The number of hydrogen-bond acceptors (Lipinski definition) is 4. The van der Waals surface area contributed by atoms with Crippen LogP contribution in [0.4, 0.5) is 40.8 Å². The van der Waals surface area contributed by atoms with Gasteiger partial charge in [0, 0.05) is 7.05 Å². The van der Waals surface area contributed by atoms with Gasteiger partial charge in [0.05, 0.1) is 27.9 Å². The smallest absolute Gasteiger partial charge is 0.277 e. The third-order valence-electron chi connectivity index (χ3n) is 9.56. The summed E-state index contributed by atoms with van der Waals surface area (Å²) < 4.78 is 117. The molecule has 4 aromatic carbocycles. The quantitative estimate of drug-likeness (QED) is 0.151. The summed E-state index contributed by atoms with van der Waals surface area (Å²) in [4.78, 5) is 53.1. The molecule has 0 fully saturated rings. The molecule has 0 N–H and O–H groups in total. The molecule has 0 aromatic heterocycles. The molecule has 2 aliphatic heterocycles. The first kappa shape index (κ1) is 34.5. The van der Waals surface area contributed by atoms with E-state index in [0.29, 0.717) is 10.5 Å². The van der Waals surface area contributed by atoms with Gasteiger partial charge in [0.2, 0.25) is 0 Å². The van der Waals surface area contributed by atoms with Gasteiger partial charge in [-0.05, 0) is 72.5 Å². The first-order valence-corrected chi connectivity index (χ1v) is 14.9. The Bertz CT molecular complexity index is 2090. The summed E-state index contributed by atoms with van der Waals surface area (Å²) in [6.45, 7) is 2.38. The van der Waals surface area contributed by atoms with Crippen LogP contribution in [0.15, 0.2) is 84.9 Å². The lowest BCUT2D eigenvalue weighted by Crippen LogP contribution is -2.49. The van der Waals surface area contributed by atoms with Gasteiger partial charge in [0.1, 0.15) is 5.41 Å². The van der Waals surface area contributed by atoms with Crippen molar-refractivity contribution in [3.05, 3.63) is 135 Å². The number of rotatable bonds is 6. The zero-order valence-electron chi connectivity index (χ0n) is 26.2. The second kappa shape index (κ2) is 11.3. The van der Waals surface area contributed by atoms with Crippen LogP contribution in [-0.4, -0.2) is 54.4 Å². The molecule has 0 saturated heterocycles. The highest BCUT2D eigenvalue weighted by atomic mass is 19.4. The number of fused-ring (bicyclic) bond motifs is 2. The van der Waals surface area contributed by atoms with Crippen molar-refractivity contribution in [2.24, 2.45) is 0 Å². The molecule has 2 atom stereocenters. The van der Waals surface area contributed by atoms with Crippen molar-refractivity contribution < 1.29 is 54.3 Å². The fourth-order valence-corrected chi connectivity index (χ4v) is 6.51. The molecule has 0 spiro atoms. The minimum Gasteiger partial charge on any atom is -0.277 e. The zero-order chi connectivity index (χ0) is 36.7. The summed E-state index contributed by atoms with van der Waals surface area (Å²) in [7, 11) is 1.19. The van der Waals surface area contributed by atoms with Crippen molar-refractivity contribution in [3.8, 4) is 0 Å². The van der Waals surface area contributed by atoms with E-state index in [0.717, 1.165) is 84.6 Å². The number of aryl methyl sites for hydroxylation is 1. The van der Waals surface area contributed by atoms with Crippen LogP contribution in [-0.2, 0) is 10.8 Å². The second-order valence-corrected chi connectivity index (χ2v) is 12.3. The van der Waals surface area contributed by atoms with Crippen LogP contribution in [0, 0.1) is 6.92 Å². The standard InChI is InChI=1S/C36H24F8N2O4/c1-18-4-6-19(7-5-18)34(32(37)38,36(42,43)44)20-8-12-23(13-9-20)46-30(49)25-15-11-22(17-27(25)31(46)50)33(2,35(39,40)41)21-10-14-24-26(16-21)29(48)45(3)28(24)47/h4-17,32H,1-3H3. The van der Waals surface area contributed by atoms with Gasteiger partial charge in [-0.25, -0.2) is 13.7 Å². The van der Waals surface area contributed by atoms with Crippen molar-refractivity contribution >= 4 is 29.3 Å². The molecule has 0 bridgehead atoms. The highest BCUT2D eigenvalue weighted by molar-refractivity contribution is 6.34. The van der Waals surface area contributed by atoms with Crippen LogP contribution in [0.25, 0.3) is 0 Å². The molecule has 258 valence electrons. The fraction of sp³-hybridized carbons (Fsp3) is 0.222. The molecule has 0 aliphatic carbocycles. The predicted molar refractivity (Wildman–Crippen MR) is 163 cm³/mol. The zero-order valence-corrected chi connectivity index (χ0v) is 26.2. The number of imide groups is 2. The molecule has 4 aromatic rings. The Labute approximate surface area is 278 Å². The fourth-order valence-electron chi connectivity index (χ4n) is 6.51. The Morgan fingerprint density at radius 1 is 0.540 bits per heavy atom. The minimum atomic E-state index is -5.48. The van der Waals surface area contributed by atoms with Gasteiger partial charge in [0.25, 0.3) is 30.1 Å². The van der Waals surface area contributed by atoms with Crippen LogP contribution < -0.4 is 4.90 Å². The van der Waals surface area contributed by atoms with Gasteiger partial charge in [-0.2, -0.15) is 26.3 Å². The molecule has 4 amide bonds. The number of benzene rings is 4. The predicted octanol–water partition coefficient (Wildman–Crippen LogP) is 8.00. The lowest BCUT2D eigenvalue weighted by Gasteiger charge is -2.36. The highest BCUT2D eigenvalue weighted by Gasteiger charge is 2.63. The number of hydrogen-bond donors (Lipinski definition) is 0. The third kappa shape index (κ3) is 4.75. The van der Waals surface area contributed by atoms with Crippen molar-refractivity contribution in [1.82, 2.24) is 4.90 Å². The van der Waals surface area contributed by atoms with E-state index >= 15 is 0 Å². The summed E-state index contributed by atoms with van der Waals surface area (Å²) in [5, 5.41) is 0. The molecule has 0 saturated carbocycles. The van der Waals surface area contributed by atoms with Crippen LogP contribution in [0.5, 0.6) is 0 Å². The average Bonchev–Trinajstić information content (AvgIpc) is 3.43. The normalized spacial score (nSPS) is 17.3. The minimum absolute atomic E-state index is 0.0814. The molecular formula is C36H24F8N2O4. The number of carbonyl (C=O) groups excluding carboxylic acids is 4. The van der Waals surface area contributed by atoms with E-state index < -0.39 is 81.1 Å². The second-order valence-electron chi connectivity index (χ2n) is 12.3. The largest absolute Gasteiger partial charge is 0.407 e. The summed E-state index contributed by atoms with van der Waals surface area (Å²) in [5.41, 5.74) is -9.98. The Kier molecular flexibility index (Phi) is 7.80. The Balaban J connectivity index is 1.40. The van der Waals surface area contributed by atoms with Crippen molar-refractivity contribution in [1.29, 1.82) is 0 Å². The van der Waals surface area contributed by atoms with E-state index in [1.54, 1.807) is 6.92 Å². The average molecular weight is 701 g/mol. The number of halogens is 8. The highest BCUT2D eigenvalue weighted by Crippen LogP contribution is 2.51. The van der Waals surface area contributed by atoms with Crippen molar-refractivity contribution in [2.45, 2.75) is 43.5 Å². The number of nitrogens with zero attached hydrogens (tertiary/aromatic N) is 2. The SMILES string of the molecule is Cc1ccc(C(c2ccc(N3C(=O)c4ccc(C(C)(c5ccc6c(c5)C(=O)N(C)C6=O)C(F)(F)F)cc4C3=O)cc2)(C(F)F)C(F)(F)F)cc1. The Hall–Kier alpha value is -5.40. The number of alkyl halides is 8. The maximum Gasteiger partial charge on any atom is 0.407 e. The molecule has 50 heavy (non-hydrogen) atoms. The molecule has 2 aliphatic rings. The Morgan fingerprint density at radius 2 is 0.940 bits per heavy atom. The lowest BCUT2D eigenvalue weighted by atomic mass is 9.73. The van der Waals surface area contributed by atoms with E-state index in [4.69, 9.17) is 0 Å².